The fourth-order valence-corrected chi connectivity index (χ4v) is 3.33. The number of benzene rings is 1. The molecule has 0 aliphatic carbocycles. The second kappa shape index (κ2) is 7.88. The number of rotatable bonds is 5. The molecule has 0 saturated carbocycles. The first-order valence-corrected chi connectivity index (χ1v) is 8.91. The Morgan fingerprint density at radius 3 is 2.65 bits per heavy atom. The van der Waals surface area contributed by atoms with Crippen LogP contribution in [0.25, 0.3) is 11.1 Å². The Kier molecular flexibility index (Phi) is 5.58. The molecule has 1 aromatic carbocycles. The summed E-state index contributed by atoms with van der Waals surface area (Å²) in [7, 11) is 3.51. The van der Waals surface area contributed by atoms with Gasteiger partial charge in [-0.25, -0.2) is 4.79 Å². The van der Waals surface area contributed by atoms with Crippen LogP contribution < -0.4 is 10.6 Å². The number of hydrogen-bond acceptors (Lipinski definition) is 4. The lowest BCUT2D eigenvalue weighted by Crippen LogP contribution is -2.45. The molecule has 2 atom stereocenters. The maximum atomic E-state index is 12.6. The Labute approximate surface area is 154 Å². The summed E-state index contributed by atoms with van der Waals surface area (Å²) < 4.78 is 7.23. The first-order valence-electron chi connectivity index (χ1n) is 8.91. The number of likely N-dealkylation sites (tertiary alicyclic amines) is 1. The van der Waals surface area contributed by atoms with Gasteiger partial charge < -0.3 is 10.1 Å². The Morgan fingerprint density at radius 2 is 2.00 bits per heavy atom. The van der Waals surface area contributed by atoms with Crippen LogP contribution in [0.3, 0.4) is 0 Å². The second-order valence-electron chi connectivity index (χ2n) is 6.92. The normalized spacial score (nSPS) is 20.5. The van der Waals surface area contributed by atoms with E-state index in [4.69, 9.17) is 4.74 Å². The minimum absolute atomic E-state index is 0.0109. The fourth-order valence-electron chi connectivity index (χ4n) is 3.33. The standard InChI is InChI=1S/C19H27N5O2/c1-13(2)24-11-16(17(12-24)26-4)21-19(25)22-18-15(10-20-23(18)3)14-8-6-5-7-9-14/h5-10,13,16-17H,11-12H2,1-4H3,(H2,21,22,25)/t16-,17-/m1/s1. The molecule has 7 heteroatoms. The van der Waals surface area contributed by atoms with Gasteiger partial charge in [0, 0.05) is 38.9 Å². The van der Waals surface area contributed by atoms with Crippen molar-refractivity contribution < 1.29 is 9.53 Å². The maximum absolute atomic E-state index is 12.6. The molecule has 0 radical (unpaired) electrons. The lowest BCUT2D eigenvalue weighted by Gasteiger charge is -2.20. The summed E-state index contributed by atoms with van der Waals surface area (Å²) in [6.45, 7) is 5.90. The zero-order valence-electron chi connectivity index (χ0n) is 15.8. The number of nitrogens with zero attached hydrogens (tertiary/aromatic N) is 3. The van der Waals surface area contributed by atoms with Crippen molar-refractivity contribution in [3.63, 3.8) is 0 Å². The number of hydrogen-bond donors (Lipinski definition) is 2. The summed E-state index contributed by atoms with van der Waals surface area (Å²) in [5, 5.41) is 10.3. The number of carbonyl (C=O) groups excluding carboxylic acids is 1. The third-order valence-electron chi connectivity index (χ3n) is 4.90. The highest BCUT2D eigenvalue weighted by Crippen LogP contribution is 2.27. The van der Waals surface area contributed by atoms with E-state index in [1.807, 2.05) is 37.4 Å². The van der Waals surface area contributed by atoms with E-state index in [1.165, 1.54) is 0 Å². The van der Waals surface area contributed by atoms with Crippen LogP contribution in [0.4, 0.5) is 10.6 Å². The fraction of sp³-hybridized carbons (Fsp3) is 0.474. The largest absolute Gasteiger partial charge is 0.378 e. The van der Waals surface area contributed by atoms with E-state index in [2.05, 4.69) is 34.5 Å². The average molecular weight is 357 g/mol. The molecule has 2 aromatic rings. The number of urea groups is 1. The third-order valence-corrected chi connectivity index (χ3v) is 4.90. The van der Waals surface area contributed by atoms with E-state index in [-0.39, 0.29) is 18.2 Å². The molecule has 26 heavy (non-hydrogen) atoms. The van der Waals surface area contributed by atoms with Crippen molar-refractivity contribution in [3.05, 3.63) is 36.5 Å². The SMILES string of the molecule is CO[C@@H]1CN(C(C)C)C[C@H]1NC(=O)Nc1c(-c2ccccc2)cnn1C. The summed E-state index contributed by atoms with van der Waals surface area (Å²) in [6, 6.07) is 10.0. The number of aromatic nitrogens is 2. The van der Waals surface area contributed by atoms with E-state index in [0.717, 1.165) is 24.2 Å². The lowest BCUT2D eigenvalue weighted by atomic mass is 10.1. The van der Waals surface area contributed by atoms with Gasteiger partial charge in [-0.3, -0.25) is 14.9 Å². The molecular formula is C19H27N5O2. The van der Waals surface area contributed by atoms with Crippen molar-refractivity contribution in [2.45, 2.75) is 32.0 Å². The molecule has 2 amide bonds. The van der Waals surface area contributed by atoms with E-state index in [9.17, 15) is 4.79 Å². The number of aryl methyl sites for hydroxylation is 1. The molecule has 1 fully saturated rings. The molecule has 140 valence electrons. The van der Waals surface area contributed by atoms with Gasteiger partial charge >= 0.3 is 6.03 Å². The van der Waals surface area contributed by atoms with E-state index >= 15 is 0 Å². The van der Waals surface area contributed by atoms with Crippen molar-refractivity contribution in [3.8, 4) is 11.1 Å². The highest BCUT2D eigenvalue weighted by Gasteiger charge is 2.35. The summed E-state index contributed by atoms with van der Waals surface area (Å²) in [5.74, 6) is 0.668. The Morgan fingerprint density at radius 1 is 1.27 bits per heavy atom. The zero-order valence-corrected chi connectivity index (χ0v) is 15.8. The molecule has 7 nitrogen and oxygen atoms in total. The second-order valence-corrected chi connectivity index (χ2v) is 6.92. The van der Waals surface area contributed by atoms with Crippen LogP contribution in [0.2, 0.25) is 0 Å². The molecular weight excluding hydrogens is 330 g/mol. The predicted molar refractivity (Wildman–Crippen MR) is 102 cm³/mol. The molecule has 1 aliphatic heterocycles. The molecule has 0 spiro atoms. The molecule has 3 rings (SSSR count). The van der Waals surface area contributed by atoms with Crippen molar-refractivity contribution in [2.75, 3.05) is 25.5 Å². The summed E-state index contributed by atoms with van der Waals surface area (Å²) in [4.78, 5) is 14.9. The molecule has 2 heterocycles. The Hall–Kier alpha value is -2.38. The quantitative estimate of drug-likeness (QED) is 0.861. The van der Waals surface area contributed by atoms with Crippen LogP contribution in [-0.2, 0) is 11.8 Å². The van der Waals surface area contributed by atoms with Gasteiger partial charge in [-0.05, 0) is 19.4 Å². The van der Waals surface area contributed by atoms with Crippen LogP contribution in [0, 0.1) is 0 Å². The number of carbonyl (C=O) groups is 1. The lowest BCUT2D eigenvalue weighted by molar-refractivity contribution is 0.0896. The van der Waals surface area contributed by atoms with Crippen molar-refractivity contribution in [1.82, 2.24) is 20.0 Å². The summed E-state index contributed by atoms with van der Waals surface area (Å²) in [6.07, 6.45) is 1.75. The van der Waals surface area contributed by atoms with Crippen LogP contribution in [0.1, 0.15) is 13.8 Å². The highest BCUT2D eigenvalue weighted by molar-refractivity contribution is 5.93. The molecule has 1 saturated heterocycles. The Bertz CT molecular complexity index is 744. The van der Waals surface area contributed by atoms with Crippen molar-refractivity contribution in [2.24, 2.45) is 7.05 Å². The van der Waals surface area contributed by atoms with E-state index < -0.39 is 0 Å². The molecule has 2 N–H and O–H groups in total. The summed E-state index contributed by atoms with van der Waals surface area (Å²) >= 11 is 0. The topological polar surface area (TPSA) is 71.4 Å². The van der Waals surface area contributed by atoms with Gasteiger partial charge in [-0.2, -0.15) is 5.10 Å². The van der Waals surface area contributed by atoms with E-state index in [0.29, 0.717) is 11.9 Å². The Balaban J connectivity index is 1.70. The first kappa shape index (κ1) is 18.4. The van der Waals surface area contributed by atoms with Gasteiger partial charge in [-0.15, -0.1) is 0 Å². The van der Waals surface area contributed by atoms with Crippen molar-refractivity contribution >= 4 is 11.8 Å². The van der Waals surface area contributed by atoms with Gasteiger partial charge in [0.15, 0.2) is 0 Å². The average Bonchev–Trinajstić information content (AvgIpc) is 3.20. The van der Waals surface area contributed by atoms with Gasteiger partial charge in [0.25, 0.3) is 0 Å². The third kappa shape index (κ3) is 3.89. The number of methoxy groups -OCH3 is 1. The van der Waals surface area contributed by atoms with Crippen LogP contribution in [-0.4, -0.2) is 59.1 Å². The number of anilines is 1. The van der Waals surface area contributed by atoms with E-state index in [1.54, 1.807) is 18.0 Å². The minimum Gasteiger partial charge on any atom is -0.378 e. The number of amides is 2. The van der Waals surface area contributed by atoms with Crippen LogP contribution in [0.5, 0.6) is 0 Å². The zero-order chi connectivity index (χ0) is 18.7. The maximum Gasteiger partial charge on any atom is 0.320 e. The first-order chi connectivity index (χ1) is 12.5. The van der Waals surface area contributed by atoms with Gasteiger partial charge in [0.2, 0.25) is 0 Å². The summed E-state index contributed by atoms with van der Waals surface area (Å²) in [5.41, 5.74) is 1.90. The monoisotopic (exact) mass is 357 g/mol. The van der Waals surface area contributed by atoms with Crippen molar-refractivity contribution in [1.29, 1.82) is 0 Å². The molecule has 0 unspecified atom stereocenters. The molecule has 1 aromatic heterocycles. The van der Waals surface area contributed by atoms with Gasteiger partial charge in [0.1, 0.15) is 5.82 Å². The van der Waals surface area contributed by atoms with Crippen LogP contribution in [0.15, 0.2) is 36.5 Å². The molecule has 0 bridgehead atoms. The predicted octanol–water partition coefficient (Wildman–Crippen LogP) is 2.32. The molecule has 1 aliphatic rings. The van der Waals surface area contributed by atoms with Gasteiger partial charge in [-0.1, -0.05) is 30.3 Å². The highest BCUT2D eigenvalue weighted by atomic mass is 16.5. The minimum atomic E-state index is -0.247. The number of nitrogens with one attached hydrogen (secondary N) is 2. The van der Waals surface area contributed by atoms with Crippen LogP contribution >= 0.6 is 0 Å². The smallest absolute Gasteiger partial charge is 0.320 e. The van der Waals surface area contributed by atoms with Gasteiger partial charge in [0.05, 0.1) is 18.3 Å². The number of ether oxygens (including phenoxy) is 1.